The van der Waals surface area contributed by atoms with E-state index in [1.807, 2.05) is 24.3 Å². The van der Waals surface area contributed by atoms with Gasteiger partial charge in [-0.2, -0.15) is 0 Å². The van der Waals surface area contributed by atoms with Crippen LogP contribution in [0.25, 0.3) is 10.2 Å². The summed E-state index contributed by atoms with van der Waals surface area (Å²) in [5.41, 5.74) is -0.836. The molecule has 0 saturated heterocycles. The number of hydrogen-bond acceptors (Lipinski definition) is 6. The minimum absolute atomic E-state index is 0.262. The second-order valence-corrected chi connectivity index (χ2v) is 7.27. The smallest absolute Gasteiger partial charge is 0.331 e. The van der Waals surface area contributed by atoms with Gasteiger partial charge in [-0.3, -0.25) is 18.7 Å². The summed E-state index contributed by atoms with van der Waals surface area (Å²) in [6.07, 6.45) is -0.310. The molecule has 1 atom stereocenters. The number of aryl methyl sites for hydroxylation is 1. The van der Waals surface area contributed by atoms with E-state index in [4.69, 9.17) is 9.47 Å². The molecule has 0 fully saturated rings. The zero-order valence-electron chi connectivity index (χ0n) is 14.7. The maximum absolute atomic E-state index is 12.5. The van der Waals surface area contributed by atoms with Crippen LogP contribution in [-0.4, -0.2) is 34.3 Å². The van der Waals surface area contributed by atoms with Crippen LogP contribution in [0.15, 0.2) is 39.9 Å². The van der Waals surface area contributed by atoms with Gasteiger partial charge in [0.05, 0.1) is 16.8 Å². The van der Waals surface area contributed by atoms with Crippen molar-refractivity contribution in [2.24, 2.45) is 14.1 Å². The van der Waals surface area contributed by atoms with Gasteiger partial charge in [-0.25, -0.2) is 4.79 Å². The molecule has 1 N–H and O–H groups in total. The van der Waals surface area contributed by atoms with Gasteiger partial charge in [-0.1, -0.05) is 12.1 Å². The Morgan fingerprint density at radius 3 is 2.74 bits per heavy atom. The van der Waals surface area contributed by atoms with E-state index in [1.165, 1.54) is 17.7 Å². The Labute approximate surface area is 157 Å². The van der Waals surface area contributed by atoms with E-state index in [2.05, 4.69) is 5.32 Å². The van der Waals surface area contributed by atoms with Gasteiger partial charge in [-0.15, -0.1) is 11.3 Å². The summed E-state index contributed by atoms with van der Waals surface area (Å²) in [5.74, 6) is 0.998. The molecule has 0 unspecified atom stereocenters. The molecular weight excluding hydrogens is 370 g/mol. The van der Waals surface area contributed by atoms with Crippen molar-refractivity contribution < 1.29 is 14.3 Å². The number of benzene rings is 1. The lowest BCUT2D eigenvalue weighted by Crippen LogP contribution is -2.40. The van der Waals surface area contributed by atoms with Crippen LogP contribution in [0.1, 0.15) is 9.67 Å². The maximum Gasteiger partial charge on any atom is 0.331 e. The number of thiophene rings is 1. The van der Waals surface area contributed by atoms with Crippen molar-refractivity contribution in [2.45, 2.75) is 6.10 Å². The first-order valence-electron chi connectivity index (χ1n) is 8.32. The van der Waals surface area contributed by atoms with Crippen LogP contribution in [0.3, 0.4) is 0 Å². The lowest BCUT2D eigenvalue weighted by atomic mass is 10.2. The van der Waals surface area contributed by atoms with Gasteiger partial charge >= 0.3 is 5.69 Å². The molecular formula is C18H17N3O5S. The molecule has 140 valence electrons. The topological polar surface area (TPSA) is 91.6 Å². The Hall–Kier alpha value is -3.07. The van der Waals surface area contributed by atoms with Gasteiger partial charge < -0.3 is 14.8 Å². The summed E-state index contributed by atoms with van der Waals surface area (Å²) in [7, 11) is 2.99. The third kappa shape index (κ3) is 2.99. The molecule has 27 heavy (non-hydrogen) atoms. The Kier molecular flexibility index (Phi) is 4.23. The summed E-state index contributed by atoms with van der Waals surface area (Å²) in [6, 6.07) is 8.87. The number of rotatable bonds is 3. The highest BCUT2D eigenvalue weighted by Gasteiger charge is 2.22. The normalized spacial score (nSPS) is 15.7. The number of amides is 1. The van der Waals surface area contributed by atoms with E-state index in [0.717, 1.165) is 15.9 Å². The van der Waals surface area contributed by atoms with Crippen molar-refractivity contribution in [3.05, 3.63) is 56.0 Å². The predicted molar refractivity (Wildman–Crippen MR) is 101 cm³/mol. The highest BCUT2D eigenvalue weighted by atomic mass is 32.1. The maximum atomic E-state index is 12.5. The summed E-state index contributed by atoms with van der Waals surface area (Å²) in [4.78, 5) is 37.6. The van der Waals surface area contributed by atoms with E-state index in [-0.39, 0.29) is 18.6 Å². The third-order valence-corrected chi connectivity index (χ3v) is 5.62. The molecule has 0 saturated carbocycles. The molecule has 0 aliphatic carbocycles. The number of para-hydroxylation sites is 2. The fourth-order valence-corrected chi connectivity index (χ4v) is 3.95. The molecule has 3 heterocycles. The van der Waals surface area contributed by atoms with Gasteiger partial charge in [0.15, 0.2) is 11.5 Å². The van der Waals surface area contributed by atoms with Gasteiger partial charge in [-0.05, 0) is 18.2 Å². The van der Waals surface area contributed by atoms with Crippen molar-refractivity contribution >= 4 is 27.5 Å². The Balaban J connectivity index is 1.51. The van der Waals surface area contributed by atoms with Crippen molar-refractivity contribution in [3.8, 4) is 11.5 Å². The molecule has 0 bridgehead atoms. The minimum Gasteiger partial charge on any atom is -0.486 e. The molecule has 9 heteroatoms. The van der Waals surface area contributed by atoms with E-state index in [0.29, 0.717) is 33.2 Å². The lowest BCUT2D eigenvalue weighted by Gasteiger charge is -2.26. The number of fused-ring (bicyclic) bond motifs is 2. The number of hydrogen-bond donors (Lipinski definition) is 1. The molecule has 8 nitrogen and oxygen atoms in total. The van der Waals surface area contributed by atoms with Crippen LogP contribution in [0.4, 0.5) is 0 Å². The number of carbonyl (C=O) groups is 1. The summed E-state index contributed by atoms with van der Waals surface area (Å²) in [5, 5.41) is 3.15. The third-order valence-electron chi connectivity index (χ3n) is 4.41. The second kappa shape index (κ2) is 6.58. The SMILES string of the molecule is Cn1c(=O)c2cc(C(=O)NC[C@@H]3COc4ccccc4O3)sc2n(C)c1=O. The fourth-order valence-electron chi connectivity index (χ4n) is 2.93. The van der Waals surface area contributed by atoms with Gasteiger partial charge in [0.2, 0.25) is 0 Å². The quantitative estimate of drug-likeness (QED) is 0.720. The molecule has 0 radical (unpaired) electrons. The molecule has 4 rings (SSSR count). The lowest BCUT2D eigenvalue weighted by molar-refractivity contribution is 0.0791. The number of ether oxygens (including phenoxy) is 2. The molecule has 2 aromatic heterocycles. The molecule has 3 aromatic rings. The van der Waals surface area contributed by atoms with Crippen LogP contribution in [0.5, 0.6) is 11.5 Å². The van der Waals surface area contributed by atoms with Crippen molar-refractivity contribution in [2.75, 3.05) is 13.2 Å². The van der Waals surface area contributed by atoms with E-state index in [9.17, 15) is 14.4 Å². The first kappa shape index (κ1) is 17.3. The van der Waals surface area contributed by atoms with E-state index in [1.54, 1.807) is 7.05 Å². The standard InChI is InChI=1S/C18H17N3O5S/c1-20-16(23)11-7-14(27-17(11)21(2)18(20)24)15(22)19-8-10-9-25-12-5-3-4-6-13(12)26-10/h3-7,10H,8-9H2,1-2H3,(H,19,22)/t10-/m1/s1. The van der Waals surface area contributed by atoms with E-state index < -0.39 is 11.2 Å². The van der Waals surface area contributed by atoms with E-state index >= 15 is 0 Å². The highest BCUT2D eigenvalue weighted by Crippen LogP contribution is 2.30. The zero-order valence-corrected chi connectivity index (χ0v) is 15.5. The molecule has 1 amide bonds. The van der Waals surface area contributed by atoms with Crippen molar-refractivity contribution in [3.63, 3.8) is 0 Å². The monoisotopic (exact) mass is 387 g/mol. The Bertz CT molecular complexity index is 1160. The number of carbonyl (C=O) groups excluding carboxylic acids is 1. The first-order chi connectivity index (χ1) is 13.0. The van der Waals surface area contributed by atoms with Crippen molar-refractivity contribution in [1.82, 2.24) is 14.5 Å². The summed E-state index contributed by atoms with van der Waals surface area (Å²) < 4.78 is 13.8. The van der Waals surface area contributed by atoms with Crippen LogP contribution in [0, 0.1) is 0 Å². The first-order valence-corrected chi connectivity index (χ1v) is 9.13. The largest absolute Gasteiger partial charge is 0.486 e. The predicted octanol–water partition coefficient (Wildman–Crippen LogP) is 0.868. The van der Waals surface area contributed by atoms with Crippen LogP contribution < -0.4 is 26.0 Å². The fraction of sp³-hybridized carbons (Fsp3) is 0.278. The average Bonchev–Trinajstić information content (AvgIpc) is 3.14. The van der Waals surface area contributed by atoms with Gasteiger partial charge in [0.25, 0.3) is 11.5 Å². The van der Waals surface area contributed by atoms with Gasteiger partial charge in [0.1, 0.15) is 17.5 Å². The summed E-state index contributed by atoms with van der Waals surface area (Å²) >= 11 is 1.11. The summed E-state index contributed by atoms with van der Waals surface area (Å²) in [6.45, 7) is 0.594. The molecule has 1 aliphatic rings. The van der Waals surface area contributed by atoms with Crippen LogP contribution >= 0.6 is 11.3 Å². The molecule has 0 spiro atoms. The number of nitrogens with zero attached hydrogens (tertiary/aromatic N) is 2. The van der Waals surface area contributed by atoms with Crippen LogP contribution in [-0.2, 0) is 14.1 Å². The highest BCUT2D eigenvalue weighted by molar-refractivity contribution is 7.20. The Morgan fingerprint density at radius 1 is 1.22 bits per heavy atom. The van der Waals surface area contributed by atoms with Crippen LogP contribution in [0.2, 0.25) is 0 Å². The average molecular weight is 387 g/mol. The number of aromatic nitrogens is 2. The number of nitrogens with one attached hydrogen (secondary N) is 1. The van der Waals surface area contributed by atoms with Gasteiger partial charge in [0, 0.05) is 14.1 Å². The molecule has 1 aliphatic heterocycles. The zero-order chi connectivity index (χ0) is 19.1. The van der Waals surface area contributed by atoms with Crippen molar-refractivity contribution in [1.29, 1.82) is 0 Å². The Morgan fingerprint density at radius 2 is 1.96 bits per heavy atom. The molecule has 1 aromatic carbocycles. The second-order valence-electron chi connectivity index (χ2n) is 6.24. The minimum atomic E-state index is -0.423.